The van der Waals surface area contributed by atoms with Gasteiger partial charge in [0.05, 0.1) is 27.2 Å². The summed E-state index contributed by atoms with van der Waals surface area (Å²) in [6.45, 7) is 2.78. The van der Waals surface area contributed by atoms with Crippen molar-refractivity contribution in [2.45, 2.75) is 19.3 Å². The van der Waals surface area contributed by atoms with E-state index < -0.39 is 0 Å². The molecule has 2 N–H and O–H groups in total. The third-order valence-electron chi connectivity index (χ3n) is 2.72. The van der Waals surface area contributed by atoms with E-state index in [0.29, 0.717) is 0 Å². The van der Waals surface area contributed by atoms with Crippen LogP contribution in [0.1, 0.15) is 19.3 Å². The lowest BCUT2D eigenvalue weighted by atomic mass is 10.1. The van der Waals surface area contributed by atoms with E-state index in [4.69, 9.17) is 0 Å². The second kappa shape index (κ2) is 5.65. The Morgan fingerprint density at radius 2 is 1.38 bits per heavy atom. The summed E-state index contributed by atoms with van der Waals surface area (Å²) in [5.74, 6) is 0. The van der Waals surface area contributed by atoms with Crippen LogP contribution in [0, 0.1) is 0 Å². The number of likely N-dealkylation sites (tertiary alicyclic amines) is 1. The fourth-order valence-corrected chi connectivity index (χ4v) is 1.73. The molecule has 0 unspecified atom stereocenters. The molecule has 1 aliphatic rings. The van der Waals surface area contributed by atoms with Gasteiger partial charge in [0, 0.05) is 12.1 Å². The van der Waals surface area contributed by atoms with Gasteiger partial charge in [0.2, 0.25) is 0 Å². The maximum Gasteiger partial charge on any atom is 0.262 e. The van der Waals surface area contributed by atoms with Crippen LogP contribution in [0.3, 0.4) is 0 Å². The van der Waals surface area contributed by atoms with Crippen LogP contribution in [0.4, 0.5) is 0 Å². The van der Waals surface area contributed by atoms with Crippen molar-refractivity contribution < 1.29 is 4.48 Å². The van der Waals surface area contributed by atoms with Gasteiger partial charge in [-0.1, -0.05) is 0 Å². The molecule has 0 atom stereocenters. The molecule has 0 radical (unpaired) electrons. The largest absolute Gasteiger partial charge is 0.328 e. The third-order valence-corrected chi connectivity index (χ3v) is 2.72. The van der Waals surface area contributed by atoms with Gasteiger partial charge < -0.3 is 4.48 Å². The number of aromatic amines is 2. The highest BCUT2D eigenvalue weighted by molar-refractivity contribution is 4.82. The number of piperidine rings is 1. The van der Waals surface area contributed by atoms with Crippen LogP contribution in [-0.2, 0) is 0 Å². The van der Waals surface area contributed by atoms with Crippen LogP contribution in [0.5, 0.6) is 0 Å². The molecule has 0 amide bonds. The summed E-state index contributed by atoms with van der Waals surface area (Å²) in [5, 5.41) is 4.21. The lowest BCUT2D eigenvalue weighted by Crippen LogP contribution is -2.43. The van der Waals surface area contributed by atoms with Crippen molar-refractivity contribution in [3.63, 3.8) is 0 Å². The van der Waals surface area contributed by atoms with Crippen LogP contribution in [-0.4, -0.2) is 41.9 Å². The summed E-state index contributed by atoms with van der Waals surface area (Å²) in [7, 11) is 4.64. The maximum atomic E-state index is 10.2. The van der Waals surface area contributed by atoms with E-state index >= 15 is 0 Å². The Kier molecular flexibility index (Phi) is 4.49. The van der Waals surface area contributed by atoms with Gasteiger partial charge in [0.15, 0.2) is 0 Å². The van der Waals surface area contributed by atoms with Crippen LogP contribution in [0.2, 0.25) is 0 Å². The normalized spacial score (nSPS) is 18.4. The molecular formula is C11H20N3O2+. The lowest BCUT2D eigenvalue weighted by molar-refractivity contribution is -0.894. The number of quaternary nitrogens is 1. The Hall–Kier alpha value is -1.36. The summed E-state index contributed by atoms with van der Waals surface area (Å²) in [6, 6.07) is 2.33. The smallest absolute Gasteiger partial charge is 0.262 e. The SMILES string of the molecule is C[N+]1(C)CCCCC1.O=c1ccc(=O)[nH][nH]1. The van der Waals surface area contributed by atoms with Crippen molar-refractivity contribution >= 4 is 0 Å². The van der Waals surface area contributed by atoms with Crippen LogP contribution < -0.4 is 11.1 Å². The van der Waals surface area contributed by atoms with Gasteiger partial charge in [-0.25, -0.2) is 0 Å². The molecule has 2 rings (SSSR count). The lowest BCUT2D eigenvalue weighted by Gasteiger charge is -2.33. The summed E-state index contributed by atoms with van der Waals surface area (Å²) >= 11 is 0. The Morgan fingerprint density at radius 1 is 0.938 bits per heavy atom. The zero-order valence-corrected chi connectivity index (χ0v) is 9.95. The average molecular weight is 226 g/mol. The van der Waals surface area contributed by atoms with Gasteiger partial charge in [0.25, 0.3) is 11.1 Å². The van der Waals surface area contributed by atoms with E-state index in [2.05, 4.69) is 24.3 Å². The number of nitrogens with one attached hydrogen (secondary N) is 2. The Morgan fingerprint density at radius 3 is 1.62 bits per heavy atom. The molecule has 16 heavy (non-hydrogen) atoms. The molecule has 2 heterocycles. The number of aromatic nitrogens is 2. The number of rotatable bonds is 0. The molecule has 1 fully saturated rings. The third kappa shape index (κ3) is 4.93. The summed E-state index contributed by atoms with van der Waals surface area (Å²) in [4.78, 5) is 20.4. The van der Waals surface area contributed by atoms with Gasteiger partial charge in [-0.2, -0.15) is 0 Å². The predicted molar refractivity (Wildman–Crippen MR) is 63.4 cm³/mol. The minimum atomic E-state index is -0.301. The number of hydrogen-bond acceptors (Lipinski definition) is 2. The van der Waals surface area contributed by atoms with E-state index in [0.717, 1.165) is 0 Å². The molecule has 5 heteroatoms. The zero-order chi connectivity index (χ0) is 12.0. The maximum absolute atomic E-state index is 10.2. The van der Waals surface area contributed by atoms with Crippen molar-refractivity contribution in [3.8, 4) is 0 Å². The van der Waals surface area contributed by atoms with Crippen molar-refractivity contribution in [3.05, 3.63) is 32.8 Å². The summed E-state index contributed by atoms with van der Waals surface area (Å²) < 4.78 is 1.25. The number of hydrogen-bond donors (Lipinski definition) is 2. The average Bonchev–Trinajstić information content (AvgIpc) is 2.23. The highest BCUT2D eigenvalue weighted by Crippen LogP contribution is 2.12. The molecule has 90 valence electrons. The second-order valence-electron chi connectivity index (χ2n) is 4.76. The fraction of sp³-hybridized carbons (Fsp3) is 0.636. The first-order chi connectivity index (χ1) is 7.49. The molecule has 0 saturated carbocycles. The Labute approximate surface area is 94.7 Å². The molecule has 1 aromatic heterocycles. The zero-order valence-electron chi connectivity index (χ0n) is 9.95. The van der Waals surface area contributed by atoms with Crippen molar-refractivity contribution in [2.24, 2.45) is 0 Å². The van der Waals surface area contributed by atoms with Crippen molar-refractivity contribution in [2.75, 3.05) is 27.2 Å². The monoisotopic (exact) mass is 226 g/mol. The van der Waals surface area contributed by atoms with Crippen molar-refractivity contribution in [1.29, 1.82) is 0 Å². The molecule has 1 saturated heterocycles. The molecule has 0 aromatic carbocycles. The van der Waals surface area contributed by atoms with Gasteiger partial charge in [-0.05, 0) is 19.3 Å². The van der Waals surface area contributed by atoms with E-state index in [9.17, 15) is 9.59 Å². The van der Waals surface area contributed by atoms with Crippen LogP contribution in [0.15, 0.2) is 21.7 Å². The summed E-state index contributed by atoms with van der Waals surface area (Å²) in [6.07, 6.45) is 4.34. The minimum Gasteiger partial charge on any atom is -0.328 e. The second-order valence-corrected chi connectivity index (χ2v) is 4.76. The first-order valence-electron chi connectivity index (χ1n) is 5.60. The molecule has 0 spiro atoms. The standard InChI is InChI=1S/C7H16N.C4H4N2O2/c1-8(2)6-4-3-5-7-8;7-3-1-2-4(8)6-5-3/h3-7H2,1-2H3;1-2H,(H,5,7)(H,6,8)/q+1;. The molecular weight excluding hydrogens is 206 g/mol. The van der Waals surface area contributed by atoms with Gasteiger partial charge >= 0.3 is 0 Å². The Bertz CT molecular complexity index is 359. The minimum absolute atomic E-state index is 0.301. The Balaban J connectivity index is 0.000000160. The fourth-order valence-electron chi connectivity index (χ4n) is 1.73. The van der Waals surface area contributed by atoms with Crippen LogP contribution in [0.25, 0.3) is 0 Å². The predicted octanol–water partition coefficient (Wildman–Crippen LogP) is 0.310. The van der Waals surface area contributed by atoms with Gasteiger partial charge in [0.1, 0.15) is 0 Å². The highest BCUT2D eigenvalue weighted by atomic mass is 16.1. The van der Waals surface area contributed by atoms with E-state index in [1.54, 1.807) is 0 Å². The quantitative estimate of drug-likeness (QED) is 0.625. The highest BCUT2D eigenvalue weighted by Gasteiger charge is 2.17. The molecule has 1 aliphatic heterocycles. The topological polar surface area (TPSA) is 65.7 Å². The van der Waals surface area contributed by atoms with E-state index in [1.165, 1.54) is 49.0 Å². The van der Waals surface area contributed by atoms with Crippen molar-refractivity contribution in [1.82, 2.24) is 10.2 Å². The van der Waals surface area contributed by atoms with E-state index in [-0.39, 0.29) is 11.1 Å². The molecule has 1 aromatic rings. The van der Waals surface area contributed by atoms with Crippen LogP contribution >= 0.6 is 0 Å². The molecule has 5 nitrogen and oxygen atoms in total. The van der Waals surface area contributed by atoms with E-state index in [1.807, 2.05) is 0 Å². The first kappa shape index (κ1) is 12.7. The first-order valence-corrected chi connectivity index (χ1v) is 5.60. The number of nitrogens with zero attached hydrogens (tertiary/aromatic N) is 1. The summed E-state index contributed by atoms with van der Waals surface area (Å²) in [5.41, 5.74) is -0.603. The molecule has 0 bridgehead atoms. The molecule has 0 aliphatic carbocycles. The van der Waals surface area contributed by atoms with Gasteiger partial charge in [-0.15, -0.1) is 0 Å². The number of H-pyrrole nitrogens is 2. The van der Waals surface area contributed by atoms with Gasteiger partial charge in [-0.3, -0.25) is 19.8 Å².